The van der Waals surface area contributed by atoms with Crippen LogP contribution in [0, 0.1) is 11.7 Å². The third-order valence-corrected chi connectivity index (χ3v) is 4.42. The van der Waals surface area contributed by atoms with Crippen molar-refractivity contribution in [1.29, 1.82) is 0 Å². The highest BCUT2D eigenvalue weighted by atomic mass is 19.1. The summed E-state index contributed by atoms with van der Waals surface area (Å²) in [5.41, 5.74) is 0.429. The van der Waals surface area contributed by atoms with Gasteiger partial charge < -0.3 is 10.2 Å². The summed E-state index contributed by atoms with van der Waals surface area (Å²) in [6.45, 7) is 1.21. The molecule has 0 radical (unpaired) electrons. The number of amides is 2. The third-order valence-electron chi connectivity index (χ3n) is 4.42. The van der Waals surface area contributed by atoms with Gasteiger partial charge in [0.05, 0.1) is 12.5 Å². The topological polar surface area (TPSA) is 49.4 Å². The van der Waals surface area contributed by atoms with Crippen molar-refractivity contribution in [3.8, 4) is 0 Å². The number of carbonyl (C=O) groups excluding carboxylic acids is 2. The van der Waals surface area contributed by atoms with Crippen molar-refractivity contribution in [2.24, 2.45) is 5.92 Å². The summed E-state index contributed by atoms with van der Waals surface area (Å²) in [5, 5.41) is 2.99. The number of halogens is 1. The molecule has 0 aromatic heterocycles. The molecule has 1 aromatic rings. The number of hydrogen-bond donors (Lipinski definition) is 1. The second-order valence-electron chi connectivity index (χ2n) is 5.89. The van der Waals surface area contributed by atoms with Crippen LogP contribution in [-0.4, -0.2) is 35.8 Å². The van der Waals surface area contributed by atoms with Gasteiger partial charge in [-0.3, -0.25) is 9.59 Å². The number of carbonyl (C=O) groups is 2. The fourth-order valence-electron chi connectivity index (χ4n) is 3.25. The van der Waals surface area contributed by atoms with Gasteiger partial charge in [-0.1, -0.05) is 18.2 Å². The average Bonchev–Trinajstić information content (AvgIpc) is 2.76. The summed E-state index contributed by atoms with van der Waals surface area (Å²) in [6, 6.07) is 6.43. The Bertz CT molecular complexity index is 561. The maximum absolute atomic E-state index is 13.6. The van der Waals surface area contributed by atoms with Gasteiger partial charge in [0, 0.05) is 19.5 Å². The maximum Gasteiger partial charge on any atom is 0.227 e. The highest BCUT2D eigenvalue weighted by molar-refractivity contribution is 5.80. The first kappa shape index (κ1) is 14.0. The van der Waals surface area contributed by atoms with Crippen LogP contribution < -0.4 is 5.32 Å². The quantitative estimate of drug-likeness (QED) is 0.897. The fraction of sp³-hybridized carbons (Fsp3) is 0.500. The predicted octanol–water partition coefficient (Wildman–Crippen LogP) is 1.50. The molecule has 0 unspecified atom stereocenters. The van der Waals surface area contributed by atoms with E-state index in [9.17, 15) is 14.0 Å². The molecule has 2 atom stereocenters. The van der Waals surface area contributed by atoms with E-state index in [-0.39, 0.29) is 30.1 Å². The molecule has 4 nitrogen and oxygen atoms in total. The largest absolute Gasteiger partial charge is 0.351 e. The maximum atomic E-state index is 13.6. The molecule has 2 amide bonds. The Hall–Kier alpha value is -1.91. The minimum Gasteiger partial charge on any atom is -0.351 e. The molecule has 2 aliphatic rings. The first-order valence-electron chi connectivity index (χ1n) is 7.44. The van der Waals surface area contributed by atoms with E-state index in [0.717, 1.165) is 12.8 Å². The Kier molecular flexibility index (Phi) is 3.90. The van der Waals surface area contributed by atoms with Crippen LogP contribution in [-0.2, 0) is 16.0 Å². The van der Waals surface area contributed by atoms with Crippen molar-refractivity contribution in [3.05, 3.63) is 35.6 Å². The summed E-state index contributed by atoms with van der Waals surface area (Å²) in [4.78, 5) is 25.7. The van der Waals surface area contributed by atoms with E-state index in [4.69, 9.17) is 0 Å². The van der Waals surface area contributed by atoms with Crippen LogP contribution in [0.1, 0.15) is 24.8 Å². The number of fused-ring (bicyclic) bond motifs is 1. The molecular formula is C16H19FN2O2. The number of rotatable bonds is 2. The number of likely N-dealkylation sites (tertiary alicyclic amines) is 1. The number of nitrogens with one attached hydrogen (secondary N) is 1. The number of hydrogen-bond acceptors (Lipinski definition) is 2. The van der Waals surface area contributed by atoms with Gasteiger partial charge in [-0.15, -0.1) is 0 Å². The summed E-state index contributed by atoms with van der Waals surface area (Å²) in [7, 11) is 0. The van der Waals surface area contributed by atoms with E-state index in [2.05, 4.69) is 5.32 Å². The molecule has 0 bridgehead atoms. The van der Waals surface area contributed by atoms with Gasteiger partial charge in [0.25, 0.3) is 0 Å². The van der Waals surface area contributed by atoms with Crippen LogP contribution in [0.3, 0.4) is 0 Å². The van der Waals surface area contributed by atoms with Gasteiger partial charge in [0.1, 0.15) is 5.82 Å². The summed E-state index contributed by atoms with van der Waals surface area (Å²) < 4.78 is 13.6. The summed E-state index contributed by atoms with van der Waals surface area (Å²) in [5.74, 6) is 0.00177. The van der Waals surface area contributed by atoms with Crippen LogP contribution in [0.25, 0.3) is 0 Å². The molecular weight excluding hydrogens is 271 g/mol. The molecule has 1 aromatic carbocycles. The van der Waals surface area contributed by atoms with E-state index >= 15 is 0 Å². The number of benzene rings is 1. The Morgan fingerprint density at radius 3 is 2.95 bits per heavy atom. The Morgan fingerprint density at radius 1 is 1.33 bits per heavy atom. The van der Waals surface area contributed by atoms with Crippen LogP contribution in [0.4, 0.5) is 4.39 Å². The third kappa shape index (κ3) is 3.06. The normalized spacial score (nSPS) is 25.2. The molecule has 21 heavy (non-hydrogen) atoms. The van der Waals surface area contributed by atoms with E-state index in [0.29, 0.717) is 31.0 Å². The van der Waals surface area contributed by atoms with Gasteiger partial charge in [-0.05, 0) is 30.4 Å². The lowest BCUT2D eigenvalue weighted by molar-refractivity contribution is -0.130. The highest BCUT2D eigenvalue weighted by Crippen LogP contribution is 2.25. The first-order valence-corrected chi connectivity index (χ1v) is 7.44. The van der Waals surface area contributed by atoms with Crippen molar-refractivity contribution in [2.45, 2.75) is 31.7 Å². The molecule has 2 saturated heterocycles. The zero-order valence-corrected chi connectivity index (χ0v) is 11.8. The van der Waals surface area contributed by atoms with E-state index in [1.54, 1.807) is 23.1 Å². The van der Waals surface area contributed by atoms with Crippen molar-refractivity contribution in [2.75, 3.05) is 13.1 Å². The Labute approximate surface area is 123 Å². The monoisotopic (exact) mass is 290 g/mol. The van der Waals surface area contributed by atoms with Gasteiger partial charge in [0.15, 0.2) is 0 Å². The SMILES string of the molecule is O=C1CCC[C@@H]2CN(C(=O)Cc3ccccc3F)C[C@@H]2N1. The van der Waals surface area contributed by atoms with Gasteiger partial charge in [0.2, 0.25) is 11.8 Å². The minimum absolute atomic E-state index is 0.0598. The lowest BCUT2D eigenvalue weighted by Crippen LogP contribution is -2.39. The van der Waals surface area contributed by atoms with Crippen molar-refractivity contribution < 1.29 is 14.0 Å². The second-order valence-corrected chi connectivity index (χ2v) is 5.89. The summed E-state index contributed by atoms with van der Waals surface area (Å²) in [6.07, 6.45) is 2.51. The van der Waals surface area contributed by atoms with E-state index in [1.807, 2.05) is 0 Å². The van der Waals surface area contributed by atoms with Gasteiger partial charge in [-0.2, -0.15) is 0 Å². The molecule has 2 aliphatic heterocycles. The molecule has 112 valence electrons. The lowest BCUT2D eigenvalue weighted by Gasteiger charge is -2.17. The van der Waals surface area contributed by atoms with Crippen LogP contribution in [0.15, 0.2) is 24.3 Å². The van der Waals surface area contributed by atoms with Crippen LogP contribution in [0.2, 0.25) is 0 Å². The Morgan fingerprint density at radius 2 is 2.14 bits per heavy atom. The summed E-state index contributed by atoms with van der Waals surface area (Å²) >= 11 is 0. The molecule has 3 rings (SSSR count). The van der Waals surface area contributed by atoms with Crippen LogP contribution in [0.5, 0.6) is 0 Å². The fourth-order valence-corrected chi connectivity index (χ4v) is 3.25. The second kappa shape index (κ2) is 5.84. The smallest absolute Gasteiger partial charge is 0.227 e. The molecule has 1 N–H and O–H groups in total. The standard InChI is InChI=1S/C16H19FN2O2/c17-13-6-2-1-4-11(13)8-16(21)19-9-12-5-3-7-15(20)18-14(12)10-19/h1-2,4,6,12,14H,3,5,7-10H2,(H,18,20)/t12-,14+/m1/s1. The molecule has 0 aliphatic carbocycles. The molecule has 2 fully saturated rings. The highest BCUT2D eigenvalue weighted by Gasteiger charge is 2.37. The Balaban J connectivity index is 1.64. The number of nitrogens with zero attached hydrogens (tertiary/aromatic N) is 1. The van der Waals surface area contributed by atoms with Crippen LogP contribution >= 0.6 is 0 Å². The minimum atomic E-state index is -0.340. The zero-order chi connectivity index (χ0) is 14.8. The molecule has 0 spiro atoms. The van der Waals surface area contributed by atoms with E-state index in [1.165, 1.54) is 6.07 Å². The van der Waals surface area contributed by atoms with Crippen molar-refractivity contribution in [3.63, 3.8) is 0 Å². The lowest BCUT2D eigenvalue weighted by atomic mass is 9.99. The molecule has 5 heteroatoms. The molecule has 0 saturated carbocycles. The van der Waals surface area contributed by atoms with Gasteiger partial charge >= 0.3 is 0 Å². The first-order chi connectivity index (χ1) is 10.1. The zero-order valence-electron chi connectivity index (χ0n) is 11.8. The van der Waals surface area contributed by atoms with Crippen molar-refractivity contribution >= 4 is 11.8 Å². The molecule has 2 heterocycles. The van der Waals surface area contributed by atoms with Gasteiger partial charge in [-0.25, -0.2) is 4.39 Å². The van der Waals surface area contributed by atoms with E-state index < -0.39 is 0 Å². The van der Waals surface area contributed by atoms with Crippen molar-refractivity contribution in [1.82, 2.24) is 10.2 Å². The predicted molar refractivity (Wildman–Crippen MR) is 76.0 cm³/mol. The average molecular weight is 290 g/mol.